The van der Waals surface area contributed by atoms with Crippen LogP contribution >= 0.6 is 0 Å². The molecule has 2 heteroatoms. The van der Waals surface area contributed by atoms with E-state index in [1.165, 1.54) is 0 Å². The van der Waals surface area contributed by atoms with E-state index in [9.17, 15) is 0 Å². The minimum atomic E-state index is 0.129. The fourth-order valence-electron chi connectivity index (χ4n) is 1.21. The molecule has 1 radical (unpaired) electrons. The molecule has 0 aliphatic heterocycles. The molecule has 14 heavy (non-hydrogen) atoms. The second-order valence-corrected chi connectivity index (χ2v) is 3.18. The summed E-state index contributed by atoms with van der Waals surface area (Å²) in [5.41, 5.74) is 0.825. The van der Waals surface area contributed by atoms with Gasteiger partial charge in [0, 0.05) is 5.56 Å². The van der Waals surface area contributed by atoms with Crippen LogP contribution in [0.2, 0.25) is 0 Å². The van der Waals surface area contributed by atoms with Crippen LogP contribution in [0.4, 0.5) is 0 Å². The number of rotatable bonds is 4. The third kappa shape index (κ3) is 2.28. The first-order valence-electron chi connectivity index (χ1n) is 4.55. The Morgan fingerprint density at radius 2 is 2.07 bits per heavy atom. The van der Waals surface area contributed by atoms with Gasteiger partial charge in [-0.3, -0.25) is 0 Å². The number of para-hydroxylation sites is 1. The van der Waals surface area contributed by atoms with E-state index in [1.807, 2.05) is 32.0 Å². The van der Waals surface area contributed by atoms with Crippen LogP contribution in [-0.2, 0) is 0 Å². The Kier molecular flexibility index (Phi) is 3.57. The first kappa shape index (κ1) is 10.6. The van der Waals surface area contributed by atoms with Crippen LogP contribution in [0.15, 0.2) is 24.8 Å². The molecular weight excluding hydrogens is 176 g/mol. The smallest absolute Gasteiger partial charge is 0.168 e. The van der Waals surface area contributed by atoms with Crippen LogP contribution in [0.25, 0.3) is 0 Å². The van der Waals surface area contributed by atoms with Gasteiger partial charge >= 0.3 is 0 Å². The van der Waals surface area contributed by atoms with Crippen LogP contribution in [0.5, 0.6) is 11.5 Å². The second kappa shape index (κ2) is 4.70. The van der Waals surface area contributed by atoms with Gasteiger partial charge in [0.05, 0.1) is 13.2 Å². The van der Waals surface area contributed by atoms with Gasteiger partial charge < -0.3 is 9.47 Å². The Labute approximate surface area is 85.2 Å². The molecule has 0 spiro atoms. The summed E-state index contributed by atoms with van der Waals surface area (Å²) in [5.74, 6) is 1.42. The quantitative estimate of drug-likeness (QED) is 0.728. The second-order valence-electron chi connectivity index (χ2n) is 3.18. The lowest BCUT2D eigenvalue weighted by molar-refractivity contribution is 0.230. The fourth-order valence-corrected chi connectivity index (χ4v) is 1.21. The Hall–Kier alpha value is -1.44. The molecule has 0 aliphatic rings. The van der Waals surface area contributed by atoms with Gasteiger partial charge in [0.15, 0.2) is 11.5 Å². The van der Waals surface area contributed by atoms with Gasteiger partial charge in [-0.05, 0) is 26.0 Å². The first-order valence-corrected chi connectivity index (χ1v) is 4.55. The van der Waals surface area contributed by atoms with Gasteiger partial charge in [0.1, 0.15) is 0 Å². The van der Waals surface area contributed by atoms with Gasteiger partial charge in [-0.15, -0.1) is 0 Å². The van der Waals surface area contributed by atoms with E-state index >= 15 is 0 Å². The summed E-state index contributed by atoms with van der Waals surface area (Å²) in [6.07, 6.45) is 2.93. The molecule has 2 nitrogen and oxygen atoms in total. The predicted octanol–water partition coefficient (Wildman–Crippen LogP) is 2.82. The van der Waals surface area contributed by atoms with Crippen molar-refractivity contribution in [3.63, 3.8) is 0 Å². The molecule has 0 N–H and O–H groups in total. The van der Waals surface area contributed by atoms with Crippen molar-refractivity contribution >= 4 is 0 Å². The molecule has 0 heterocycles. The number of methoxy groups -OCH3 is 1. The summed E-state index contributed by atoms with van der Waals surface area (Å²) in [5, 5.41) is 0. The fraction of sp³-hybridized carbons (Fsp3) is 0.333. The number of ether oxygens (including phenoxy) is 2. The molecule has 0 unspecified atom stereocenters. The lowest BCUT2D eigenvalue weighted by Gasteiger charge is -2.14. The Bertz CT molecular complexity index is 316. The summed E-state index contributed by atoms with van der Waals surface area (Å²) in [6.45, 7) is 7.55. The van der Waals surface area contributed by atoms with Crippen LogP contribution in [-0.4, -0.2) is 13.2 Å². The summed E-state index contributed by atoms with van der Waals surface area (Å²) in [6, 6.07) is 5.66. The maximum atomic E-state index is 5.59. The first-order chi connectivity index (χ1) is 6.69. The standard InChI is InChI=1S/C12H15O2/c1-5-10-7-6-8-11(12(10)13-4)14-9(2)3/h6-9H,1H2,2-4H3. The summed E-state index contributed by atoms with van der Waals surface area (Å²) in [4.78, 5) is 0. The monoisotopic (exact) mass is 191 g/mol. The summed E-state index contributed by atoms with van der Waals surface area (Å²) < 4.78 is 10.8. The highest BCUT2D eigenvalue weighted by Crippen LogP contribution is 2.31. The van der Waals surface area contributed by atoms with Crippen LogP contribution < -0.4 is 9.47 Å². The van der Waals surface area contributed by atoms with Crippen LogP contribution in [0, 0.1) is 6.08 Å². The minimum absolute atomic E-state index is 0.129. The predicted molar refractivity (Wildman–Crippen MR) is 56.7 cm³/mol. The van der Waals surface area contributed by atoms with E-state index in [-0.39, 0.29) is 6.10 Å². The van der Waals surface area contributed by atoms with Crippen molar-refractivity contribution < 1.29 is 9.47 Å². The molecule has 0 amide bonds. The van der Waals surface area contributed by atoms with Gasteiger partial charge in [0.25, 0.3) is 0 Å². The van der Waals surface area contributed by atoms with Crippen molar-refractivity contribution in [2.45, 2.75) is 20.0 Å². The lowest BCUT2D eigenvalue weighted by atomic mass is 10.2. The molecular formula is C12H15O2. The highest BCUT2D eigenvalue weighted by atomic mass is 16.5. The zero-order chi connectivity index (χ0) is 10.6. The summed E-state index contributed by atoms with van der Waals surface area (Å²) >= 11 is 0. The lowest BCUT2D eigenvalue weighted by Crippen LogP contribution is -2.07. The highest BCUT2D eigenvalue weighted by molar-refractivity contribution is 5.49. The average Bonchev–Trinajstić information content (AvgIpc) is 2.16. The molecule has 75 valence electrons. The third-order valence-electron chi connectivity index (χ3n) is 1.74. The number of benzene rings is 1. The minimum Gasteiger partial charge on any atom is -0.492 e. The van der Waals surface area contributed by atoms with E-state index in [1.54, 1.807) is 7.11 Å². The van der Waals surface area contributed by atoms with E-state index in [0.29, 0.717) is 5.75 Å². The van der Waals surface area contributed by atoms with E-state index in [2.05, 4.69) is 12.7 Å². The molecule has 0 aliphatic carbocycles. The Morgan fingerprint density at radius 1 is 1.36 bits per heavy atom. The molecule has 0 saturated carbocycles. The maximum Gasteiger partial charge on any atom is 0.168 e. The summed E-state index contributed by atoms with van der Waals surface area (Å²) in [7, 11) is 1.61. The van der Waals surface area contributed by atoms with Crippen molar-refractivity contribution in [1.82, 2.24) is 0 Å². The third-order valence-corrected chi connectivity index (χ3v) is 1.74. The van der Waals surface area contributed by atoms with Gasteiger partial charge in [-0.25, -0.2) is 0 Å². The maximum absolute atomic E-state index is 5.59. The van der Waals surface area contributed by atoms with E-state index < -0.39 is 0 Å². The Morgan fingerprint density at radius 3 is 2.57 bits per heavy atom. The number of hydrogen-bond acceptors (Lipinski definition) is 2. The zero-order valence-corrected chi connectivity index (χ0v) is 8.83. The van der Waals surface area contributed by atoms with Gasteiger partial charge in [-0.2, -0.15) is 0 Å². The largest absolute Gasteiger partial charge is 0.492 e. The molecule has 0 bridgehead atoms. The molecule has 1 rings (SSSR count). The highest BCUT2D eigenvalue weighted by Gasteiger charge is 2.08. The van der Waals surface area contributed by atoms with E-state index in [4.69, 9.17) is 9.47 Å². The van der Waals surface area contributed by atoms with Crippen molar-refractivity contribution in [3.05, 3.63) is 36.4 Å². The van der Waals surface area contributed by atoms with Crippen molar-refractivity contribution in [2.24, 2.45) is 0 Å². The van der Waals surface area contributed by atoms with Gasteiger partial charge in [0.2, 0.25) is 0 Å². The van der Waals surface area contributed by atoms with Crippen molar-refractivity contribution in [2.75, 3.05) is 7.11 Å². The van der Waals surface area contributed by atoms with Crippen molar-refractivity contribution in [3.8, 4) is 11.5 Å². The molecule has 0 atom stereocenters. The Balaban J connectivity index is 3.08. The number of hydrogen-bond donors (Lipinski definition) is 0. The topological polar surface area (TPSA) is 18.5 Å². The molecule has 0 saturated heterocycles. The van der Waals surface area contributed by atoms with E-state index in [0.717, 1.165) is 11.3 Å². The molecule has 0 fully saturated rings. The molecule has 1 aromatic carbocycles. The molecule has 1 aromatic rings. The zero-order valence-electron chi connectivity index (χ0n) is 8.83. The SMILES string of the molecule is C=[C]c1cccc(OC(C)C)c1OC. The average molecular weight is 191 g/mol. The normalized spacial score (nSPS) is 10.0. The molecule has 0 aromatic heterocycles. The van der Waals surface area contributed by atoms with Crippen LogP contribution in [0.1, 0.15) is 19.4 Å². The van der Waals surface area contributed by atoms with Crippen LogP contribution in [0.3, 0.4) is 0 Å². The van der Waals surface area contributed by atoms with Crippen molar-refractivity contribution in [1.29, 1.82) is 0 Å². The van der Waals surface area contributed by atoms with Gasteiger partial charge in [-0.1, -0.05) is 18.7 Å².